The van der Waals surface area contributed by atoms with Crippen molar-refractivity contribution in [3.63, 3.8) is 0 Å². The zero-order valence-electron chi connectivity index (χ0n) is 18.0. The first-order valence-electron chi connectivity index (χ1n) is 10.9. The minimum absolute atomic E-state index is 0.0835. The average Bonchev–Trinajstić information content (AvgIpc) is 2.80. The van der Waals surface area contributed by atoms with Crippen LogP contribution in [0.4, 0.5) is 13.2 Å². The molecule has 0 atom stereocenters. The highest BCUT2D eigenvalue weighted by molar-refractivity contribution is 6.01. The molecule has 0 unspecified atom stereocenters. The van der Waals surface area contributed by atoms with Crippen LogP contribution in [0.25, 0.3) is 11.1 Å². The van der Waals surface area contributed by atoms with Gasteiger partial charge in [-0.25, -0.2) is 0 Å². The van der Waals surface area contributed by atoms with Crippen LogP contribution in [0.15, 0.2) is 78.9 Å². The Hall–Kier alpha value is -3.32. The molecule has 0 radical (unpaired) electrons. The molecule has 1 aliphatic heterocycles. The Morgan fingerprint density at radius 3 is 2.21 bits per heavy atom. The van der Waals surface area contributed by atoms with Gasteiger partial charge in [-0.1, -0.05) is 60.7 Å². The SMILES string of the molecule is O=C(NC1CCN(Cc2ccccc2)CC1)c1ccccc1-c1ccc(OC(F)(F)F)cc1. The summed E-state index contributed by atoms with van der Waals surface area (Å²) in [6, 6.07) is 23.0. The van der Waals surface area contributed by atoms with Gasteiger partial charge in [-0.2, -0.15) is 0 Å². The second kappa shape index (κ2) is 10.1. The monoisotopic (exact) mass is 454 g/mol. The third kappa shape index (κ3) is 6.35. The van der Waals surface area contributed by atoms with Gasteiger partial charge in [-0.15, -0.1) is 13.2 Å². The number of rotatable bonds is 6. The quantitative estimate of drug-likeness (QED) is 0.524. The second-order valence-electron chi connectivity index (χ2n) is 8.13. The number of nitrogens with zero attached hydrogens (tertiary/aromatic N) is 1. The number of carbonyl (C=O) groups excluding carboxylic acids is 1. The number of hydrogen-bond acceptors (Lipinski definition) is 3. The fourth-order valence-electron chi connectivity index (χ4n) is 4.11. The first kappa shape index (κ1) is 22.9. The summed E-state index contributed by atoms with van der Waals surface area (Å²) in [5.41, 5.74) is 3.08. The van der Waals surface area contributed by atoms with Gasteiger partial charge in [0.25, 0.3) is 5.91 Å². The number of halogens is 3. The Labute approximate surface area is 191 Å². The van der Waals surface area contributed by atoms with Crippen molar-refractivity contribution in [2.75, 3.05) is 13.1 Å². The Morgan fingerprint density at radius 2 is 1.55 bits per heavy atom. The summed E-state index contributed by atoms with van der Waals surface area (Å²) in [6.45, 7) is 2.71. The molecule has 1 saturated heterocycles. The van der Waals surface area contributed by atoms with Gasteiger partial charge >= 0.3 is 6.36 Å². The molecule has 1 aliphatic rings. The lowest BCUT2D eigenvalue weighted by Gasteiger charge is -2.32. The average molecular weight is 454 g/mol. The molecule has 0 aromatic heterocycles. The van der Waals surface area contributed by atoms with Crippen molar-refractivity contribution in [2.24, 2.45) is 0 Å². The van der Waals surface area contributed by atoms with E-state index in [0.29, 0.717) is 16.7 Å². The summed E-state index contributed by atoms with van der Waals surface area (Å²) in [6.07, 6.45) is -3.01. The second-order valence-corrected chi connectivity index (χ2v) is 8.13. The van der Waals surface area contributed by atoms with Gasteiger partial charge in [0, 0.05) is 31.2 Å². The van der Waals surface area contributed by atoms with Gasteiger partial charge in [0.1, 0.15) is 5.75 Å². The number of hydrogen-bond donors (Lipinski definition) is 1. The van der Waals surface area contributed by atoms with Crippen LogP contribution in [0, 0.1) is 0 Å². The third-order valence-corrected chi connectivity index (χ3v) is 5.74. The van der Waals surface area contributed by atoms with Crippen LogP contribution >= 0.6 is 0 Å². The van der Waals surface area contributed by atoms with Crippen molar-refractivity contribution in [3.05, 3.63) is 90.0 Å². The van der Waals surface area contributed by atoms with Crippen LogP contribution in [0.1, 0.15) is 28.8 Å². The van der Waals surface area contributed by atoms with Crippen LogP contribution in [0.3, 0.4) is 0 Å². The summed E-state index contributed by atoms with van der Waals surface area (Å²) in [5.74, 6) is -0.474. The molecular weight excluding hydrogens is 429 g/mol. The lowest BCUT2D eigenvalue weighted by molar-refractivity contribution is -0.274. The lowest BCUT2D eigenvalue weighted by atomic mass is 9.98. The lowest BCUT2D eigenvalue weighted by Crippen LogP contribution is -2.44. The Kier molecular flexibility index (Phi) is 6.99. The number of amides is 1. The molecule has 1 heterocycles. The molecule has 172 valence electrons. The predicted molar refractivity (Wildman–Crippen MR) is 121 cm³/mol. The molecule has 0 saturated carbocycles. The standard InChI is InChI=1S/C26H25F3N2O2/c27-26(28,29)33-22-12-10-20(11-13-22)23-8-4-5-9-24(23)25(32)30-21-14-16-31(17-15-21)18-19-6-2-1-3-7-19/h1-13,21H,14-18H2,(H,30,32). The summed E-state index contributed by atoms with van der Waals surface area (Å²) in [4.78, 5) is 15.4. The van der Waals surface area contributed by atoms with Gasteiger partial charge in [-0.05, 0) is 47.7 Å². The molecule has 33 heavy (non-hydrogen) atoms. The normalized spacial score (nSPS) is 15.2. The van der Waals surface area contributed by atoms with Gasteiger partial charge < -0.3 is 10.1 Å². The maximum absolute atomic E-state index is 13.0. The Bertz CT molecular complexity index is 1060. The van der Waals surface area contributed by atoms with E-state index in [-0.39, 0.29) is 17.7 Å². The third-order valence-electron chi connectivity index (χ3n) is 5.74. The van der Waals surface area contributed by atoms with Crippen molar-refractivity contribution in [1.82, 2.24) is 10.2 Å². The molecular formula is C26H25F3N2O2. The van der Waals surface area contributed by atoms with Gasteiger partial charge in [0.05, 0.1) is 0 Å². The van der Waals surface area contributed by atoms with Crippen molar-refractivity contribution < 1.29 is 22.7 Å². The first-order chi connectivity index (χ1) is 15.9. The van der Waals surface area contributed by atoms with E-state index in [1.807, 2.05) is 18.2 Å². The van der Waals surface area contributed by atoms with Crippen LogP contribution in [0.2, 0.25) is 0 Å². The number of carbonyl (C=O) groups is 1. The summed E-state index contributed by atoms with van der Waals surface area (Å²) >= 11 is 0. The number of likely N-dealkylation sites (tertiary alicyclic amines) is 1. The first-order valence-corrected chi connectivity index (χ1v) is 10.9. The molecule has 1 fully saturated rings. The Balaban J connectivity index is 1.38. The summed E-state index contributed by atoms with van der Waals surface area (Å²) in [7, 11) is 0. The zero-order valence-corrected chi connectivity index (χ0v) is 18.0. The molecule has 4 nitrogen and oxygen atoms in total. The van der Waals surface area contributed by atoms with E-state index >= 15 is 0 Å². The largest absolute Gasteiger partial charge is 0.573 e. The molecule has 0 aliphatic carbocycles. The van der Waals surface area contributed by atoms with Crippen molar-refractivity contribution in [3.8, 4) is 16.9 Å². The maximum atomic E-state index is 13.0. The number of piperidine rings is 1. The maximum Gasteiger partial charge on any atom is 0.573 e. The summed E-state index contributed by atoms with van der Waals surface area (Å²) in [5, 5.41) is 3.13. The smallest absolute Gasteiger partial charge is 0.406 e. The number of ether oxygens (including phenoxy) is 1. The molecule has 0 bridgehead atoms. The minimum Gasteiger partial charge on any atom is -0.406 e. The van der Waals surface area contributed by atoms with E-state index in [2.05, 4.69) is 27.1 Å². The number of benzene rings is 3. The molecule has 3 aromatic carbocycles. The Morgan fingerprint density at radius 1 is 0.909 bits per heavy atom. The van der Waals surface area contributed by atoms with Crippen LogP contribution in [-0.2, 0) is 6.54 Å². The van der Waals surface area contributed by atoms with Crippen molar-refractivity contribution in [1.29, 1.82) is 0 Å². The zero-order chi connectivity index (χ0) is 23.3. The van der Waals surface area contributed by atoms with Crippen LogP contribution in [0.5, 0.6) is 5.75 Å². The topological polar surface area (TPSA) is 41.6 Å². The van der Waals surface area contributed by atoms with E-state index in [9.17, 15) is 18.0 Å². The van der Waals surface area contributed by atoms with E-state index < -0.39 is 6.36 Å². The van der Waals surface area contributed by atoms with E-state index in [1.54, 1.807) is 24.3 Å². The number of alkyl halides is 3. The van der Waals surface area contributed by atoms with Gasteiger partial charge in [0.2, 0.25) is 0 Å². The highest BCUT2D eigenvalue weighted by atomic mass is 19.4. The molecule has 1 amide bonds. The predicted octanol–water partition coefficient (Wildman–Crippen LogP) is 5.65. The molecule has 4 rings (SSSR count). The highest BCUT2D eigenvalue weighted by Gasteiger charge is 2.31. The van der Waals surface area contributed by atoms with E-state index in [4.69, 9.17) is 0 Å². The van der Waals surface area contributed by atoms with E-state index in [0.717, 1.165) is 32.5 Å². The van der Waals surface area contributed by atoms with Crippen LogP contribution < -0.4 is 10.1 Å². The molecule has 1 N–H and O–H groups in total. The fraction of sp³-hybridized carbons (Fsp3) is 0.269. The van der Waals surface area contributed by atoms with Gasteiger partial charge in [-0.3, -0.25) is 9.69 Å². The minimum atomic E-state index is -4.74. The highest BCUT2D eigenvalue weighted by Crippen LogP contribution is 2.28. The summed E-state index contributed by atoms with van der Waals surface area (Å²) < 4.78 is 41.2. The van der Waals surface area contributed by atoms with Gasteiger partial charge in [0.15, 0.2) is 0 Å². The van der Waals surface area contributed by atoms with Crippen LogP contribution in [-0.4, -0.2) is 36.3 Å². The van der Waals surface area contributed by atoms with Crippen molar-refractivity contribution in [2.45, 2.75) is 31.8 Å². The van der Waals surface area contributed by atoms with E-state index in [1.165, 1.54) is 29.8 Å². The molecule has 0 spiro atoms. The molecule has 7 heteroatoms. The van der Waals surface area contributed by atoms with Crippen molar-refractivity contribution >= 4 is 5.91 Å². The number of nitrogens with one attached hydrogen (secondary N) is 1. The molecule has 3 aromatic rings. The fourth-order valence-corrected chi connectivity index (χ4v) is 4.11.